The maximum Gasteiger partial charge on any atom is 0.340 e. The molecule has 0 heterocycles. The van der Waals surface area contributed by atoms with Gasteiger partial charge < -0.3 is 20.5 Å². The summed E-state index contributed by atoms with van der Waals surface area (Å²) in [7, 11) is 1.18. The standard InChI is InChI=1S/C12H15F3N2O3/c1-19-12(18)7-4-10(8(13)5-9(7)16)17-2-3-20-6-11(14)15/h4-5,11,17H,2-3,6,16H2,1H3. The average molecular weight is 292 g/mol. The Labute approximate surface area is 113 Å². The van der Waals surface area contributed by atoms with Crippen molar-refractivity contribution in [3.05, 3.63) is 23.5 Å². The van der Waals surface area contributed by atoms with Crippen LogP contribution in [0.15, 0.2) is 12.1 Å². The van der Waals surface area contributed by atoms with Gasteiger partial charge in [0.05, 0.1) is 25.0 Å². The van der Waals surface area contributed by atoms with Crippen LogP contribution in [0.3, 0.4) is 0 Å². The number of alkyl halides is 2. The molecule has 1 rings (SSSR count). The third-order valence-corrected chi connectivity index (χ3v) is 2.35. The van der Waals surface area contributed by atoms with E-state index in [1.165, 1.54) is 13.2 Å². The van der Waals surface area contributed by atoms with Crippen molar-refractivity contribution in [2.45, 2.75) is 6.43 Å². The van der Waals surface area contributed by atoms with E-state index in [0.717, 1.165) is 6.07 Å². The number of benzene rings is 1. The van der Waals surface area contributed by atoms with Crippen LogP contribution in [0.1, 0.15) is 10.4 Å². The molecular weight excluding hydrogens is 277 g/mol. The molecule has 0 aliphatic carbocycles. The van der Waals surface area contributed by atoms with Crippen molar-refractivity contribution < 1.29 is 27.4 Å². The van der Waals surface area contributed by atoms with Gasteiger partial charge in [-0.15, -0.1) is 0 Å². The molecule has 1 aromatic rings. The number of rotatable bonds is 7. The lowest BCUT2D eigenvalue weighted by molar-refractivity contribution is 0.0214. The van der Waals surface area contributed by atoms with Crippen molar-refractivity contribution in [1.29, 1.82) is 0 Å². The summed E-state index contributed by atoms with van der Waals surface area (Å²) in [6, 6.07) is 2.18. The Morgan fingerprint density at radius 3 is 2.75 bits per heavy atom. The molecule has 3 N–H and O–H groups in total. The summed E-state index contributed by atoms with van der Waals surface area (Å²) < 4.78 is 46.3. The van der Waals surface area contributed by atoms with E-state index >= 15 is 0 Å². The second-order valence-corrected chi connectivity index (χ2v) is 3.80. The fourth-order valence-electron chi connectivity index (χ4n) is 1.44. The van der Waals surface area contributed by atoms with Crippen LogP contribution in [-0.4, -0.2) is 39.3 Å². The number of hydrogen-bond acceptors (Lipinski definition) is 5. The first-order chi connectivity index (χ1) is 9.45. The van der Waals surface area contributed by atoms with E-state index in [2.05, 4.69) is 14.8 Å². The number of nitrogen functional groups attached to an aromatic ring is 1. The molecule has 1 aromatic carbocycles. The molecular formula is C12H15F3N2O3. The van der Waals surface area contributed by atoms with Crippen LogP contribution in [0.25, 0.3) is 0 Å². The third-order valence-electron chi connectivity index (χ3n) is 2.35. The van der Waals surface area contributed by atoms with Crippen molar-refractivity contribution >= 4 is 17.3 Å². The first-order valence-electron chi connectivity index (χ1n) is 5.72. The van der Waals surface area contributed by atoms with Gasteiger partial charge in [-0.3, -0.25) is 0 Å². The molecule has 112 valence electrons. The van der Waals surface area contributed by atoms with Crippen molar-refractivity contribution in [3.63, 3.8) is 0 Å². The summed E-state index contributed by atoms with van der Waals surface area (Å²) in [6.07, 6.45) is -2.55. The van der Waals surface area contributed by atoms with Gasteiger partial charge in [-0.25, -0.2) is 18.0 Å². The van der Waals surface area contributed by atoms with E-state index in [0.29, 0.717) is 0 Å². The highest BCUT2D eigenvalue weighted by Gasteiger charge is 2.14. The number of halogens is 3. The molecule has 0 spiro atoms. The van der Waals surface area contributed by atoms with Crippen molar-refractivity contribution in [2.24, 2.45) is 0 Å². The van der Waals surface area contributed by atoms with E-state index in [4.69, 9.17) is 5.73 Å². The summed E-state index contributed by atoms with van der Waals surface area (Å²) in [5, 5.41) is 2.63. The normalized spacial score (nSPS) is 10.7. The second-order valence-electron chi connectivity index (χ2n) is 3.80. The number of nitrogens with one attached hydrogen (secondary N) is 1. The van der Waals surface area contributed by atoms with Gasteiger partial charge in [-0.2, -0.15) is 0 Å². The van der Waals surface area contributed by atoms with E-state index in [-0.39, 0.29) is 30.1 Å². The Morgan fingerprint density at radius 1 is 1.45 bits per heavy atom. The SMILES string of the molecule is COC(=O)c1cc(NCCOCC(F)F)c(F)cc1N. The molecule has 0 aliphatic rings. The lowest BCUT2D eigenvalue weighted by atomic mass is 10.1. The molecule has 0 aromatic heterocycles. The first kappa shape index (κ1) is 16.1. The minimum Gasteiger partial charge on any atom is -0.465 e. The Hall–Kier alpha value is -1.96. The van der Waals surface area contributed by atoms with Gasteiger partial charge in [0.15, 0.2) is 0 Å². The fraction of sp³-hybridized carbons (Fsp3) is 0.417. The van der Waals surface area contributed by atoms with Crippen LogP contribution in [0.2, 0.25) is 0 Å². The Kier molecular flexibility index (Phi) is 6.10. The smallest absolute Gasteiger partial charge is 0.340 e. The van der Waals surface area contributed by atoms with Gasteiger partial charge in [0.2, 0.25) is 0 Å². The van der Waals surface area contributed by atoms with Crippen LogP contribution in [0, 0.1) is 5.82 Å². The predicted octanol–water partition coefficient (Wildman–Crippen LogP) is 1.89. The van der Waals surface area contributed by atoms with Crippen LogP contribution >= 0.6 is 0 Å². The summed E-state index contributed by atoms with van der Waals surface area (Å²) in [5.41, 5.74) is 5.48. The number of methoxy groups -OCH3 is 1. The van der Waals surface area contributed by atoms with Crippen molar-refractivity contribution in [3.8, 4) is 0 Å². The lowest BCUT2D eigenvalue weighted by Crippen LogP contribution is -2.15. The van der Waals surface area contributed by atoms with Gasteiger partial charge in [0.25, 0.3) is 6.43 Å². The number of carbonyl (C=O) groups excluding carboxylic acids is 1. The zero-order chi connectivity index (χ0) is 15.1. The largest absolute Gasteiger partial charge is 0.465 e. The highest BCUT2D eigenvalue weighted by atomic mass is 19.3. The fourth-order valence-corrected chi connectivity index (χ4v) is 1.44. The molecule has 0 fully saturated rings. The number of carbonyl (C=O) groups is 1. The molecule has 0 aliphatic heterocycles. The lowest BCUT2D eigenvalue weighted by Gasteiger charge is -2.11. The maximum atomic E-state index is 13.6. The van der Waals surface area contributed by atoms with Gasteiger partial charge in [-0.1, -0.05) is 0 Å². The number of esters is 1. The zero-order valence-corrected chi connectivity index (χ0v) is 10.8. The highest BCUT2D eigenvalue weighted by molar-refractivity contribution is 5.96. The maximum absolute atomic E-state index is 13.6. The highest BCUT2D eigenvalue weighted by Crippen LogP contribution is 2.22. The Balaban J connectivity index is 2.63. The molecule has 0 unspecified atom stereocenters. The minimum atomic E-state index is -2.55. The Morgan fingerprint density at radius 2 is 2.15 bits per heavy atom. The molecule has 0 atom stereocenters. The van der Waals surface area contributed by atoms with Gasteiger partial charge >= 0.3 is 5.97 Å². The van der Waals surface area contributed by atoms with Gasteiger partial charge in [0.1, 0.15) is 12.4 Å². The number of hydrogen-bond donors (Lipinski definition) is 2. The summed E-state index contributed by atoms with van der Waals surface area (Å²) in [5.74, 6) is -1.36. The van der Waals surface area contributed by atoms with Crippen LogP contribution < -0.4 is 11.1 Å². The number of nitrogens with two attached hydrogens (primary N) is 1. The molecule has 8 heteroatoms. The van der Waals surface area contributed by atoms with Gasteiger partial charge in [0, 0.05) is 12.2 Å². The van der Waals surface area contributed by atoms with Gasteiger partial charge in [-0.05, 0) is 12.1 Å². The molecule has 0 amide bonds. The number of anilines is 2. The minimum absolute atomic E-state index is 0.0141. The van der Waals surface area contributed by atoms with E-state index < -0.39 is 24.8 Å². The molecule has 20 heavy (non-hydrogen) atoms. The monoisotopic (exact) mass is 292 g/mol. The summed E-state index contributed by atoms with van der Waals surface area (Å²) in [6.45, 7) is -0.602. The Bertz CT molecular complexity index is 470. The van der Waals surface area contributed by atoms with Crippen LogP contribution in [0.4, 0.5) is 24.5 Å². The second kappa shape index (κ2) is 7.59. The molecule has 0 saturated heterocycles. The summed E-state index contributed by atoms with van der Waals surface area (Å²) in [4.78, 5) is 11.4. The molecule has 0 saturated carbocycles. The molecule has 0 bridgehead atoms. The third kappa shape index (κ3) is 4.61. The van der Waals surface area contributed by atoms with Crippen LogP contribution in [-0.2, 0) is 9.47 Å². The molecule has 5 nitrogen and oxygen atoms in total. The average Bonchev–Trinajstić information content (AvgIpc) is 2.39. The molecule has 0 radical (unpaired) electrons. The van der Waals surface area contributed by atoms with Crippen molar-refractivity contribution in [2.75, 3.05) is 37.9 Å². The van der Waals surface area contributed by atoms with E-state index in [1.807, 2.05) is 0 Å². The predicted molar refractivity (Wildman–Crippen MR) is 67.5 cm³/mol. The first-order valence-corrected chi connectivity index (χ1v) is 5.72. The topological polar surface area (TPSA) is 73.6 Å². The number of ether oxygens (including phenoxy) is 2. The summed E-state index contributed by atoms with van der Waals surface area (Å²) >= 11 is 0. The zero-order valence-electron chi connectivity index (χ0n) is 10.8. The van der Waals surface area contributed by atoms with E-state index in [9.17, 15) is 18.0 Å². The van der Waals surface area contributed by atoms with Crippen LogP contribution in [0.5, 0.6) is 0 Å². The quantitative estimate of drug-likeness (QED) is 0.456. The van der Waals surface area contributed by atoms with Crippen molar-refractivity contribution in [1.82, 2.24) is 0 Å². The van der Waals surface area contributed by atoms with E-state index in [1.54, 1.807) is 0 Å².